The fourth-order valence-electron chi connectivity index (χ4n) is 1.10. The zero-order valence-electron chi connectivity index (χ0n) is 8.28. The minimum atomic E-state index is 0.624. The Morgan fingerprint density at radius 2 is 1.92 bits per heavy atom. The molecule has 1 aromatic carbocycles. The lowest BCUT2D eigenvalue weighted by atomic mass is 10.3. The molecule has 0 aromatic heterocycles. The Balaban J connectivity index is 2.67. The van der Waals surface area contributed by atoms with E-state index in [4.69, 9.17) is 4.74 Å². The molecule has 0 saturated heterocycles. The molecule has 72 valence electrons. The van der Waals surface area contributed by atoms with Gasteiger partial charge in [0, 0.05) is 24.7 Å². The first-order valence-electron chi connectivity index (χ1n) is 4.12. The van der Waals surface area contributed by atoms with E-state index in [0.717, 1.165) is 0 Å². The molecule has 0 amide bonds. The maximum absolute atomic E-state index is 5.04. The Hall–Kier alpha value is -0.670. The maximum Gasteiger partial charge on any atom is 0.118 e. The molecule has 0 spiro atoms. The molecule has 0 saturated carbocycles. The van der Waals surface area contributed by atoms with Crippen LogP contribution in [0, 0.1) is 0 Å². The standard InChI is InChI=1S/C10H15NOS/c1-11(8-12-2)9-4-6-10(13-3)7-5-9/h4-7H,8H2,1-3H3. The predicted molar refractivity (Wildman–Crippen MR) is 58.5 cm³/mol. The third-order valence-electron chi connectivity index (χ3n) is 1.84. The van der Waals surface area contributed by atoms with E-state index in [1.807, 2.05) is 7.05 Å². The zero-order chi connectivity index (χ0) is 9.68. The largest absolute Gasteiger partial charge is 0.364 e. The van der Waals surface area contributed by atoms with Gasteiger partial charge in [-0.15, -0.1) is 11.8 Å². The van der Waals surface area contributed by atoms with Crippen molar-refractivity contribution in [2.24, 2.45) is 0 Å². The van der Waals surface area contributed by atoms with Crippen LogP contribution in [0.5, 0.6) is 0 Å². The highest BCUT2D eigenvalue weighted by Gasteiger charge is 1.98. The van der Waals surface area contributed by atoms with Crippen molar-refractivity contribution in [3.05, 3.63) is 24.3 Å². The number of thioether (sulfide) groups is 1. The molecule has 0 fully saturated rings. The molecule has 0 unspecified atom stereocenters. The number of ether oxygens (including phenoxy) is 1. The summed E-state index contributed by atoms with van der Waals surface area (Å²) in [6.07, 6.45) is 2.08. The van der Waals surface area contributed by atoms with Gasteiger partial charge >= 0.3 is 0 Å². The number of anilines is 1. The summed E-state index contributed by atoms with van der Waals surface area (Å²) < 4.78 is 5.04. The number of methoxy groups -OCH3 is 1. The molecule has 0 heterocycles. The van der Waals surface area contributed by atoms with Crippen LogP contribution in [0.4, 0.5) is 5.69 Å². The fourth-order valence-corrected chi connectivity index (χ4v) is 1.51. The monoisotopic (exact) mass is 197 g/mol. The molecule has 0 bridgehead atoms. The normalized spacial score (nSPS) is 10.1. The first-order chi connectivity index (χ1) is 6.27. The molecule has 2 nitrogen and oxygen atoms in total. The number of hydrogen-bond donors (Lipinski definition) is 0. The quantitative estimate of drug-likeness (QED) is 0.543. The van der Waals surface area contributed by atoms with Gasteiger partial charge in [0.25, 0.3) is 0 Å². The summed E-state index contributed by atoms with van der Waals surface area (Å²) in [7, 11) is 3.71. The van der Waals surface area contributed by atoms with Crippen LogP contribution in [-0.2, 0) is 4.74 Å². The molecular weight excluding hydrogens is 182 g/mol. The molecule has 0 N–H and O–H groups in total. The van der Waals surface area contributed by atoms with Crippen molar-refractivity contribution in [2.75, 3.05) is 32.0 Å². The second-order valence-electron chi connectivity index (χ2n) is 2.81. The van der Waals surface area contributed by atoms with Crippen molar-refractivity contribution in [2.45, 2.75) is 4.90 Å². The summed E-state index contributed by atoms with van der Waals surface area (Å²) in [5, 5.41) is 0. The highest BCUT2D eigenvalue weighted by Crippen LogP contribution is 2.19. The van der Waals surface area contributed by atoms with Crippen LogP contribution >= 0.6 is 11.8 Å². The molecule has 0 aliphatic carbocycles. The van der Waals surface area contributed by atoms with Crippen molar-refractivity contribution in [1.29, 1.82) is 0 Å². The van der Waals surface area contributed by atoms with E-state index in [0.29, 0.717) is 6.73 Å². The van der Waals surface area contributed by atoms with E-state index < -0.39 is 0 Å². The molecule has 0 aliphatic heterocycles. The third-order valence-corrected chi connectivity index (χ3v) is 2.58. The second-order valence-corrected chi connectivity index (χ2v) is 3.69. The lowest BCUT2D eigenvalue weighted by Gasteiger charge is -2.17. The molecule has 13 heavy (non-hydrogen) atoms. The predicted octanol–water partition coefficient (Wildman–Crippen LogP) is 2.45. The van der Waals surface area contributed by atoms with Crippen LogP contribution in [0.15, 0.2) is 29.2 Å². The third kappa shape index (κ3) is 2.94. The van der Waals surface area contributed by atoms with Crippen LogP contribution in [0.3, 0.4) is 0 Å². The number of rotatable bonds is 4. The molecule has 0 aliphatic rings. The van der Waals surface area contributed by atoms with E-state index >= 15 is 0 Å². The average molecular weight is 197 g/mol. The van der Waals surface area contributed by atoms with Gasteiger partial charge in [-0.25, -0.2) is 0 Å². The summed E-state index contributed by atoms with van der Waals surface area (Å²) in [4.78, 5) is 3.35. The van der Waals surface area contributed by atoms with Gasteiger partial charge in [-0.1, -0.05) is 0 Å². The van der Waals surface area contributed by atoms with Crippen LogP contribution < -0.4 is 4.90 Å². The van der Waals surface area contributed by atoms with Crippen molar-refractivity contribution in [3.8, 4) is 0 Å². The lowest BCUT2D eigenvalue weighted by Crippen LogP contribution is -2.19. The summed E-state index contributed by atoms with van der Waals surface area (Å²) >= 11 is 1.75. The summed E-state index contributed by atoms with van der Waals surface area (Å²) in [5.41, 5.74) is 1.18. The minimum absolute atomic E-state index is 0.624. The van der Waals surface area contributed by atoms with Crippen molar-refractivity contribution in [3.63, 3.8) is 0 Å². The molecule has 1 rings (SSSR count). The van der Waals surface area contributed by atoms with Crippen LogP contribution in [0.2, 0.25) is 0 Å². The summed E-state index contributed by atoms with van der Waals surface area (Å²) in [5.74, 6) is 0. The summed E-state index contributed by atoms with van der Waals surface area (Å²) in [6.45, 7) is 0.624. The topological polar surface area (TPSA) is 12.5 Å². The van der Waals surface area contributed by atoms with E-state index in [-0.39, 0.29) is 0 Å². The Morgan fingerprint density at radius 1 is 1.31 bits per heavy atom. The number of benzene rings is 1. The SMILES string of the molecule is COCN(C)c1ccc(SC)cc1. The van der Waals surface area contributed by atoms with Gasteiger partial charge in [-0.2, -0.15) is 0 Å². The Labute approximate surface area is 83.9 Å². The molecule has 0 atom stereocenters. The smallest absolute Gasteiger partial charge is 0.118 e. The number of hydrogen-bond acceptors (Lipinski definition) is 3. The van der Waals surface area contributed by atoms with Gasteiger partial charge in [0.05, 0.1) is 0 Å². The number of nitrogens with zero attached hydrogens (tertiary/aromatic N) is 1. The van der Waals surface area contributed by atoms with Gasteiger partial charge < -0.3 is 9.64 Å². The van der Waals surface area contributed by atoms with E-state index in [1.165, 1.54) is 10.6 Å². The molecular formula is C10H15NOS. The minimum Gasteiger partial charge on any atom is -0.364 e. The van der Waals surface area contributed by atoms with Crippen molar-refractivity contribution >= 4 is 17.4 Å². The van der Waals surface area contributed by atoms with Crippen molar-refractivity contribution < 1.29 is 4.74 Å². The van der Waals surface area contributed by atoms with Gasteiger partial charge in [0.2, 0.25) is 0 Å². The second kappa shape index (κ2) is 5.14. The van der Waals surface area contributed by atoms with E-state index in [9.17, 15) is 0 Å². The first kappa shape index (κ1) is 10.4. The Kier molecular flexibility index (Phi) is 4.12. The zero-order valence-corrected chi connectivity index (χ0v) is 9.10. The highest BCUT2D eigenvalue weighted by atomic mass is 32.2. The van der Waals surface area contributed by atoms with Crippen LogP contribution in [0.1, 0.15) is 0 Å². The van der Waals surface area contributed by atoms with E-state index in [1.54, 1.807) is 18.9 Å². The van der Waals surface area contributed by atoms with Crippen LogP contribution in [-0.4, -0.2) is 27.1 Å². The lowest BCUT2D eigenvalue weighted by molar-refractivity contribution is 0.202. The van der Waals surface area contributed by atoms with Gasteiger partial charge in [-0.3, -0.25) is 0 Å². The Bertz CT molecular complexity index is 248. The van der Waals surface area contributed by atoms with Gasteiger partial charge in [-0.05, 0) is 30.5 Å². The average Bonchev–Trinajstić information content (AvgIpc) is 2.18. The fraction of sp³-hybridized carbons (Fsp3) is 0.400. The summed E-state index contributed by atoms with van der Waals surface area (Å²) in [6, 6.07) is 8.44. The Morgan fingerprint density at radius 3 is 2.38 bits per heavy atom. The highest BCUT2D eigenvalue weighted by molar-refractivity contribution is 7.98. The van der Waals surface area contributed by atoms with Crippen molar-refractivity contribution in [1.82, 2.24) is 0 Å². The van der Waals surface area contributed by atoms with Gasteiger partial charge in [0.15, 0.2) is 0 Å². The van der Waals surface area contributed by atoms with Gasteiger partial charge in [0.1, 0.15) is 6.73 Å². The molecule has 3 heteroatoms. The maximum atomic E-state index is 5.04. The molecule has 0 radical (unpaired) electrons. The van der Waals surface area contributed by atoms with E-state index in [2.05, 4.69) is 35.4 Å². The van der Waals surface area contributed by atoms with Crippen LogP contribution in [0.25, 0.3) is 0 Å². The molecule has 1 aromatic rings. The first-order valence-corrected chi connectivity index (χ1v) is 5.34.